The molecule has 2 atom stereocenters. The lowest BCUT2D eigenvalue weighted by Gasteiger charge is -2.50. The molecule has 1 nitrogen and oxygen atoms in total. The fourth-order valence-corrected chi connectivity index (χ4v) is 9.70. The van der Waals surface area contributed by atoms with Crippen molar-refractivity contribution in [1.29, 1.82) is 0 Å². The molecule has 2 unspecified atom stereocenters. The summed E-state index contributed by atoms with van der Waals surface area (Å²) in [7, 11) is -0.606. The lowest BCUT2D eigenvalue weighted by Crippen LogP contribution is -2.44. The van der Waals surface area contributed by atoms with E-state index in [9.17, 15) is 4.79 Å². The van der Waals surface area contributed by atoms with E-state index < -0.39 is 7.92 Å². The fourth-order valence-electron chi connectivity index (χ4n) is 5.21. The lowest BCUT2D eigenvalue weighted by atomic mass is 9.84. The highest BCUT2D eigenvalue weighted by Crippen LogP contribution is 2.63. The van der Waals surface area contributed by atoms with Crippen LogP contribution < -0.4 is 5.30 Å². The molecular weight excluding hydrogens is 419 g/mol. The van der Waals surface area contributed by atoms with Crippen LogP contribution in [-0.4, -0.2) is 17.1 Å². The predicted molar refractivity (Wildman–Crippen MR) is 145 cm³/mol. The zero-order valence-corrected chi connectivity index (χ0v) is 21.8. The van der Waals surface area contributed by atoms with Gasteiger partial charge in [-0.25, -0.2) is 0 Å². The third kappa shape index (κ3) is 4.99. The average Bonchev–Trinajstić information content (AvgIpc) is 2.78. The van der Waals surface area contributed by atoms with Crippen LogP contribution in [0.5, 0.6) is 0 Å². The van der Waals surface area contributed by atoms with E-state index in [1.165, 1.54) is 27.6 Å². The monoisotopic (exact) mass is 456 g/mol. The zero-order chi connectivity index (χ0) is 23.8. The Morgan fingerprint density at radius 1 is 0.606 bits per heavy atom. The minimum absolute atomic E-state index is 0.0586. The second kappa shape index (κ2) is 9.19. The van der Waals surface area contributed by atoms with Crippen LogP contribution in [0.3, 0.4) is 0 Å². The van der Waals surface area contributed by atoms with Gasteiger partial charge in [0.1, 0.15) is 5.78 Å². The van der Waals surface area contributed by atoms with Gasteiger partial charge in [0.05, 0.1) is 0 Å². The van der Waals surface area contributed by atoms with Crippen molar-refractivity contribution in [1.82, 2.24) is 0 Å². The Bertz CT molecular complexity index is 1020. The van der Waals surface area contributed by atoms with Crippen LogP contribution in [0, 0.1) is 10.8 Å². The number of hydrogen-bond donors (Lipinski definition) is 0. The minimum Gasteiger partial charge on any atom is -0.300 e. The predicted octanol–water partition coefficient (Wildman–Crippen LogP) is 8.32. The van der Waals surface area contributed by atoms with Gasteiger partial charge in [0.2, 0.25) is 0 Å². The first-order valence-corrected chi connectivity index (χ1v) is 13.6. The molecule has 33 heavy (non-hydrogen) atoms. The fraction of sp³-hybridized carbons (Fsp3) is 0.387. The van der Waals surface area contributed by atoms with Crippen LogP contribution >= 0.6 is 7.92 Å². The highest BCUT2D eigenvalue weighted by atomic mass is 31.1. The van der Waals surface area contributed by atoms with E-state index in [1.807, 2.05) is 0 Å². The van der Waals surface area contributed by atoms with Crippen molar-refractivity contribution in [2.75, 3.05) is 0 Å². The Hall–Kier alpha value is -2.24. The van der Waals surface area contributed by atoms with Crippen molar-refractivity contribution in [3.63, 3.8) is 0 Å². The van der Waals surface area contributed by atoms with Crippen molar-refractivity contribution >= 4 is 19.0 Å². The number of ketones is 1. The molecule has 0 bridgehead atoms. The molecule has 0 amide bonds. The third-order valence-electron chi connectivity index (χ3n) is 6.98. The van der Waals surface area contributed by atoms with Gasteiger partial charge in [0.25, 0.3) is 0 Å². The van der Waals surface area contributed by atoms with Crippen molar-refractivity contribution in [2.24, 2.45) is 10.8 Å². The van der Waals surface area contributed by atoms with Gasteiger partial charge < -0.3 is 0 Å². The van der Waals surface area contributed by atoms with Crippen LogP contribution in [0.4, 0.5) is 0 Å². The highest BCUT2D eigenvalue weighted by molar-refractivity contribution is 7.68. The van der Waals surface area contributed by atoms with Crippen LogP contribution in [0.2, 0.25) is 0 Å². The molecule has 1 aliphatic rings. The average molecular weight is 457 g/mol. The summed E-state index contributed by atoms with van der Waals surface area (Å²) in [6.07, 6.45) is 1.39. The van der Waals surface area contributed by atoms with Gasteiger partial charge in [-0.1, -0.05) is 128 Å². The Labute approximate surface area is 201 Å². The summed E-state index contributed by atoms with van der Waals surface area (Å²) in [5, 5.41) is 1.48. The smallest absolute Gasteiger partial charge is 0.134 e. The van der Waals surface area contributed by atoms with Gasteiger partial charge in [0.15, 0.2) is 0 Å². The summed E-state index contributed by atoms with van der Waals surface area (Å²) in [4.78, 5) is 13.1. The van der Waals surface area contributed by atoms with E-state index in [-0.39, 0.29) is 10.8 Å². The molecule has 0 aromatic heterocycles. The molecule has 0 aliphatic carbocycles. The summed E-state index contributed by atoms with van der Waals surface area (Å²) in [6, 6.07) is 28.4. The maximum absolute atomic E-state index is 13.1. The number of carbonyl (C=O) groups excluding carboxylic acids is 1. The normalized spacial score (nSPS) is 21.8. The Balaban J connectivity index is 2.06. The Morgan fingerprint density at radius 2 is 1.00 bits per heavy atom. The second-order valence-electron chi connectivity index (χ2n) is 11.6. The van der Waals surface area contributed by atoms with Gasteiger partial charge in [-0.15, -0.1) is 0 Å². The number of carbonyl (C=O) groups is 1. The number of benzene rings is 3. The molecule has 1 heterocycles. The number of hydrogen-bond acceptors (Lipinski definition) is 1. The topological polar surface area (TPSA) is 17.1 Å². The molecule has 0 spiro atoms. The van der Waals surface area contributed by atoms with Crippen LogP contribution in [-0.2, 0) is 4.79 Å². The molecule has 0 saturated carbocycles. The van der Waals surface area contributed by atoms with Gasteiger partial charge >= 0.3 is 0 Å². The lowest BCUT2D eigenvalue weighted by molar-refractivity contribution is -0.120. The van der Waals surface area contributed by atoms with Crippen LogP contribution in [0.1, 0.15) is 54.4 Å². The van der Waals surface area contributed by atoms with Crippen LogP contribution in [0.25, 0.3) is 22.3 Å². The first kappa shape index (κ1) is 23.9. The van der Waals surface area contributed by atoms with Gasteiger partial charge in [-0.3, -0.25) is 4.79 Å². The Kier molecular flexibility index (Phi) is 6.66. The van der Waals surface area contributed by atoms with E-state index in [0.29, 0.717) is 29.9 Å². The molecule has 1 aliphatic heterocycles. The first-order chi connectivity index (χ1) is 15.6. The van der Waals surface area contributed by atoms with E-state index in [0.717, 1.165) is 0 Å². The van der Waals surface area contributed by atoms with E-state index in [2.05, 4.69) is 120 Å². The molecule has 0 radical (unpaired) electrons. The number of rotatable bonds is 3. The summed E-state index contributed by atoms with van der Waals surface area (Å²) < 4.78 is 0. The highest BCUT2D eigenvalue weighted by Gasteiger charge is 2.48. The van der Waals surface area contributed by atoms with Crippen molar-refractivity contribution in [3.05, 3.63) is 78.9 Å². The standard InChI is InChI=1S/C31H37OP/c1-30(2,3)27-20-24(32)21-28(31(4,5)6)33(27)29-25(22-14-9-7-10-15-22)18-13-19-26(29)23-16-11-8-12-17-23/h7-19,27-28H,20-21H2,1-6H3. The molecule has 3 aromatic carbocycles. The zero-order valence-electron chi connectivity index (χ0n) is 20.9. The third-order valence-corrected chi connectivity index (χ3v) is 11.2. The molecule has 0 N–H and O–H groups in total. The Morgan fingerprint density at radius 3 is 1.36 bits per heavy atom. The summed E-state index contributed by atoms with van der Waals surface area (Å²) in [5.74, 6) is 0.437. The molecule has 3 aromatic rings. The molecule has 4 rings (SSSR count). The quantitative estimate of drug-likeness (QED) is 0.362. The molecule has 1 saturated heterocycles. The summed E-state index contributed by atoms with van der Waals surface area (Å²) in [6.45, 7) is 14.0. The second-order valence-corrected chi connectivity index (χ2v) is 14.1. The van der Waals surface area contributed by atoms with Crippen molar-refractivity contribution in [3.8, 4) is 22.3 Å². The summed E-state index contributed by atoms with van der Waals surface area (Å²) in [5.41, 5.74) is 6.03. The van der Waals surface area contributed by atoms with Gasteiger partial charge in [-0.05, 0) is 49.7 Å². The number of Topliss-reactive ketones (excluding diaryl/α,β-unsaturated/α-hetero) is 1. The molecule has 172 valence electrons. The SMILES string of the molecule is CC(C)(C)C1CC(=O)CC(C(C)(C)C)P1c1c(-c2ccccc2)cccc1-c1ccccc1. The van der Waals surface area contributed by atoms with Gasteiger partial charge in [0, 0.05) is 12.8 Å². The summed E-state index contributed by atoms with van der Waals surface area (Å²) >= 11 is 0. The van der Waals surface area contributed by atoms with E-state index >= 15 is 0 Å². The molecule has 1 fully saturated rings. The first-order valence-electron chi connectivity index (χ1n) is 12.1. The maximum Gasteiger partial charge on any atom is 0.134 e. The maximum atomic E-state index is 13.1. The molecular formula is C31H37OP. The van der Waals surface area contributed by atoms with Crippen molar-refractivity contribution in [2.45, 2.75) is 65.7 Å². The van der Waals surface area contributed by atoms with Gasteiger partial charge in [-0.2, -0.15) is 0 Å². The minimum atomic E-state index is -0.606. The van der Waals surface area contributed by atoms with E-state index in [4.69, 9.17) is 0 Å². The van der Waals surface area contributed by atoms with E-state index in [1.54, 1.807) is 0 Å². The van der Waals surface area contributed by atoms with Crippen molar-refractivity contribution < 1.29 is 4.79 Å². The molecule has 2 heteroatoms. The van der Waals surface area contributed by atoms with Crippen LogP contribution in [0.15, 0.2) is 78.9 Å². The largest absolute Gasteiger partial charge is 0.300 e.